The Hall–Kier alpha value is -3.64. The molecule has 0 fully saturated rings. The monoisotopic (exact) mass is 495 g/mol. The van der Waals surface area contributed by atoms with Gasteiger partial charge in [-0.3, -0.25) is 0 Å². The summed E-state index contributed by atoms with van der Waals surface area (Å²) in [4.78, 5) is 16.9. The first-order valence-corrected chi connectivity index (χ1v) is 10.4. The van der Waals surface area contributed by atoms with Crippen molar-refractivity contribution < 1.29 is 27.4 Å². The van der Waals surface area contributed by atoms with Gasteiger partial charge in [-0.2, -0.15) is 18.2 Å². The Kier molecular flexibility index (Phi) is 6.47. The molecule has 0 atom stereocenters. The van der Waals surface area contributed by atoms with Crippen molar-refractivity contribution in [3.63, 3.8) is 0 Å². The second kappa shape index (κ2) is 9.46. The minimum absolute atomic E-state index is 0.0130. The average molecular weight is 496 g/mol. The summed E-state index contributed by atoms with van der Waals surface area (Å²) >= 11 is 7.32. The molecule has 2 aromatic heterocycles. The van der Waals surface area contributed by atoms with Crippen LogP contribution in [0.5, 0.6) is 17.4 Å². The van der Waals surface area contributed by atoms with Gasteiger partial charge in [0.15, 0.2) is 0 Å². The van der Waals surface area contributed by atoms with E-state index in [-0.39, 0.29) is 11.6 Å². The summed E-state index contributed by atoms with van der Waals surface area (Å²) in [6.45, 7) is 0.454. The Morgan fingerprint density at radius 1 is 1.00 bits per heavy atom. The highest BCUT2D eigenvalue weighted by Crippen LogP contribution is 2.30. The normalized spacial score (nSPS) is 13.3. The Morgan fingerprint density at radius 2 is 1.76 bits per heavy atom. The van der Waals surface area contributed by atoms with Crippen LogP contribution in [-0.4, -0.2) is 21.1 Å². The Morgan fingerprint density at radius 3 is 2.33 bits per heavy atom. The minimum atomic E-state index is -4.48. The molecule has 8 nitrogen and oxygen atoms in total. The zero-order chi connectivity index (χ0) is 23.4. The highest BCUT2D eigenvalue weighted by Gasteiger charge is 2.30. The highest BCUT2D eigenvalue weighted by molar-refractivity contribution is 7.16. The fourth-order valence-electron chi connectivity index (χ4n) is 2.52. The Balaban J connectivity index is 1.29. The molecule has 0 radical (unpaired) electrons. The zero-order valence-electron chi connectivity index (χ0n) is 16.4. The first-order chi connectivity index (χ1) is 15.8. The van der Waals surface area contributed by atoms with E-state index in [0.29, 0.717) is 22.8 Å². The summed E-state index contributed by atoms with van der Waals surface area (Å²) in [7, 11) is 0. The molecular formula is C20H13ClF3N5O3S. The van der Waals surface area contributed by atoms with Gasteiger partial charge in [-0.25, -0.2) is 14.8 Å². The fourth-order valence-corrected chi connectivity index (χ4v) is 3.60. The third-order valence-electron chi connectivity index (χ3n) is 4.08. The van der Waals surface area contributed by atoms with Gasteiger partial charge < -0.3 is 9.47 Å². The maximum Gasteiger partial charge on any atom is 0.441 e. The average Bonchev–Trinajstić information content (AvgIpc) is 3.20. The number of rotatable bonds is 5. The van der Waals surface area contributed by atoms with Crippen LogP contribution < -0.4 is 9.47 Å². The zero-order valence-corrected chi connectivity index (χ0v) is 18.0. The molecule has 0 saturated heterocycles. The molecule has 1 aliphatic rings. The van der Waals surface area contributed by atoms with Gasteiger partial charge in [0.2, 0.25) is 5.88 Å². The van der Waals surface area contributed by atoms with Crippen LogP contribution in [0.2, 0.25) is 4.34 Å². The lowest BCUT2D eigenvalue weighted by atomic mass is 10.3. The van der Waals surface area contributed by atoms with Crippen molar-refractivity contribution in [3.05, 3.63) is 81.9 Å². The summed E-state index contributed by atoms with van der Waals surface area (Å²) in [5.41, 5.74) is -0.875. The Bertz CT molecular complexity index is 1170. The van der Waals surface area contributed by atoms with E-state index in [0.717, 1.165) is 22.0 Å². The quantitative estimate of drug-likeness (QED) is 0.394. The van der Waals surface area contributed by atoms with Gasteiger partial charge >= 0.3 is 12.3 Å². The first kappa shape index (κ1) is 22.6. The van der Waals surface area contributed by atoms with E-state index in [2.05, 4.69) is 15.4 Å². The third kappa shape index (κ3) is 5.99. The summed E-state index contributed by atoms with van der Waals surface area (Å²) in [6.07, 6.45) is -1.61. The lowest BCUT2D eigenvalue weighted by Gasteiger charge is -2.19. The summed E-state index contributed by atoms with van der Waals surface area (Å²) in [5, 5.41) is 10.2. The largest absolute Gasteiger partial charge is 0.441 e. The molecule has 3 aromatic rings. The topological polar surface area (TPSA) is 79.6 Å². The van der Waals surface area contributed by atoms with Gasteiger partial charge in [-0.05, 0) is 52.9 Å². The molecule has 1 aliphatic heterocycles. The standard InChI is InChI=1S/C20H13ClF3N5O3S/c21-17-7-6-16(33-17)12-28-9-10-29(27-26-28)19(30)32-15-4-2-14(3-5-15)31-18-8-1-13(11-25-18)20(22,23)24/h1-11H,12H2. The van der Waals surface area contributed by atoms with Gasteiger partial charge in [0.1, 0.15) is 11.5 Å². The third-order valence-corrected chi connectivity index (χ3v) is 5.30. The number of carbonyl (C=O) groups excluding carboxylic acids is 1. The van der Waals surface area contributed by atoms with Crippen molar-refractivity contribution in [2.24, 2.45) is 10.4 Å². The van der Waals surface area contributed by atoms with E-state index in [9.17, 15) is 18.0 Å². The van der Waals surface area contributed by atoms with Crippen LogP contribution in [0.15, 0.2) is 77.6 Å². The maximum absolute atomic E-state index is 12.6. The number of hydrogen-bond acceptors (Lipinski definition) is 8. The molecule has 0 aliphatic carbocycles. The number of halogens is 4. The molecule has 0 N–H and O–H groups in total. The number of ether oxygens (including phenoxy) is 2. The van der Waals surface area contributed by atoms with E-state index in [1.807, 2.05) is 6.07 Å². The molecule has 0 unspecified atom stereocenters. The van der Waals surface area contributed by atoms with Crippen LogP contribution >= 0.6 is 22.9 Å². The number of carbonyl (C=O) groups is 1. The van der Waals surface area contributed by atoms with Crippen molar-refractivity contribution in [3.8, 4) is 17.4 Å². The number of hydrogen-bond donors (Lipinski definition) is 0. The van der Waals surface area contributed by atoms with Gasteiger partial charge in [-0.1, -0.05) is 11.6 Å². The maximum atomic E-state index is 12.6. The van der Waals surface area contributed by atoms with E-state index in [4.69, 9.17) is 21.1 Å². The number of thiophene rings is 1. The highest BCUT2D eigenvalue weighted by atomic mass is 35.5. The summed E-state index contributed by atoms with van der Waals surface area (Å²) < 4.78 is 49.1. The SMILES string of the molecule is O=C(Oc1ccc(Oc2ccc(C(F)(F)F)cn2)cc1)N1C=CN(Cc2ccc(Cl)s2)N=N1. The second-order valence-corrected chi connectivity index (χ2v) is 8.25. The molecule has 3 heterocycles. The smallest absolute Gasteiger partial charge is 0.439 e. The van der Waals surface area contributed by atoms with Gasteiger partial charge in [0, 0.05) is 23.3 Å². The molecular weight excluding hydrogens is 483 g/mol. The number of alkyl halides is 3. The second-order valence-electron chi connectivity index (χ2n) is 6.45. The molecule has 0 saturated carbocycles. The van der Waals surface area contributed by atoms with Crippen LogP contribution in [0.25, 0.3) is 0 Å². The van der Waals surface area contributed by atoms with E-state index in [1.54, 1.807) is 12.3 Å². The van der Waals surface area contributed by atoms with Gasteiger partial charge in [-0.15, -0.1) is 11.3 Å². The fraction of sp³-hybridized carbons (Fsp3) is 0.100. The van der Waals surface area contributed by atoms with Gasteiger partial charge in [0.05, 0.1) is 22.6 Å². The number of amides is 1. The minimum Gasteiger partial charge on any atom is -0.439 e. The van der Waals surface area contributed by atoms with Crippen molar-refractivity contribution in [2.75, 3.05) is 0 Å². The Labute approximate surface area is 194 Å². The van der Waals surface area contributed by atoms with Crippen molar-refractivity contribution in [1.82, 2.24) is 15.0 Å². The molecule has 1 amide bonds. The van der Waals surface area contributed by atoms with E-state index < -0.39 is 17.8 Å². The first-order valence-electron chi connectivity index (χ1n) is 9.19. The van der Waals surface area contributed by atoms with Crippen molar-refractivity contribution >= 4 is 29.0 Å². The van der Waals surface area contributed by atoms with Crippen LogP contribution in [0.3, 0.4) is 0 Å². The number of nitrogens with zero attached hydrogens (tertiary/aromatic N) is 5. The molecule has 170 valence electrons. The number of aromatic nitrogens is 1. The molecule has 4 rings (SSSR count). The molecule has 1 aromatic carbocycles. The van der Waals surface area contributed by atoms with E-state index in [1.165, 1.54) is 46.8 Å². The summed E-state index contributed by atoms with van der Waals surface area (Å²) in [6, 6.07) is 11.5. The molecule has 13 heteroatoms. The predicted molar refractivity (Wildman–Crippen MR) is 112 cm³/mol. The molecule has 0 spiro atoms. The van der Waals surface area contributed by atoms with Gasteiger partial charge in [0.25, 0.3) is 0 Å². The predicted octanol–water partition coefficient (Wildman–Crippen LogP) is 6.68. The van der Waals surface area contributed by atoms with Crippen molar-refractivity contribution in [1.29, 1.82) is 0 Å². The molecule has 0 bridgehead atoms. The lowest BCUT2D eigenvalue weighted by Crippen LogP contribution is -2.27. The number of pyridine rings is 1. The summed E-state index contributed by atoms with van der Waals surface area (Å²) in [5.74, 6) is 0.483. The van der Waals surface area contributed by atoms with Crippen LogP contribution in [0.1, 0.15) is 10.4 Å². The lowest BCUT2D eigenvalue weighted by molar-refractivity contribution is -0.137. The van der Waals surface area contributed by atoms with Crippen LogP contribution in [0, 0.1) is 0 Å². The van der Waals surface area contributed by atoms with Crippen LogP contribution in [0.4, 0.5) is 18.0 Å². The number of benzene rings is 1. The van der Waals surface area contributed by atoms with Crippen LogP contribution in [-0.2, 0) is 12.7 Å². The molecule has 33 heavy (non-hydrogen) atoms. The van der Waals surface area contributed by atoms with Crippen molar-refractivity contribution in [2.45, 2.75) is 12.7 Å². The van der Waals surface area contributed by atoms with E-state index >= 15 is 0 Å².